The molecular weight excluding hydrogens is 280 g/mol. The summed E-state index contributed by atoms with van der Waals surface area (Å²) in [6.45, 7) is 5.96. The molecule has 114 valence electrons. The van der Waals surface area contributed by atoms with Crippen LogP contribution in [-0.4, -0.2) is 12.6 Å². The smallest absolute Gasteiger partial charge is 0.398 e. The molecule has 0 aromatic heterocycles. The Morgan fingerprint density at radius 3 is 2.32 bits per heavy atom. The van der Waals surface area contributed by atoms with E-state index in [0.29, 0.717) is 17.1 Å². The van der Waals surface area contributed by atoms with Gasteiger partial charge in [0.15, 0.2) is 11.5 Å². The molecule has 0 spiro atoms. The van der Waals surface area contributed by atoms with Gasteiger partial charge in [-0.15, -0.1) is 0 Å². The SMILES string of the molecule is CCOC(=O)C1(c2ccc(C)cc2)Oc2ccc(C)cc2O1. The second-order valence-electron chi connectivity index (χ2n) is 5.36. The molecule has 1 heterocycles. The molecule has 0 aliphatic carbocycles. The van der Waals surface area contributed by atoms with Gasteiger partial charge in [-0.1, -0.05) is 35.9 Å². The number of esters is 1. The maximum atomic E-state index is 12.5. The molecule has 0 bridgehead atoms. The number of ether oxygens (including phenoxy) is 3. The molecule has 4 heteroatoms. The first kappa shape index (κ1) is 14.4. The van der Waals surface area contributed by atoms with Gasteiger partial charge in [-0.25, -0.2) is 4.79 Å². The van der Waals surface area contributed by atoms with Crippen LogP contribution in [0, 0.1) is 13.8 Å². The second-order valence-corrected chi connectivity index (χ2v) is 5.36. The topological polar surface area (TPSA) is 44.8 Å². The number of fused-ring (bicyclic) bond motifs is 1. The maximum Gasteiger partial charge on any atom is 0.398 e. The minimum atomic E-state index is -1.57. The lowest BCUT2D eigenvalue weighted by atomic mass is 10.0. The van der Waals surface area contributed by atoms with Crippen LogP contribution in [0.25, 0.3) is 0 Å². The Morgan fingerprint density at radius 1 is 1.00 bits per heavy atom. The average molecular weight is 298 g/mol. The maximum absolute atomic E-state index is 12.5. The third-order valence-electron chi connectivity index (χ3n) is 3.58. The molecule has 4 nitrogen and oxygen atoms in total. The van der Waals surface area contributed by atoms with Crippen LogP contribution >= 0.6 is 0 Å². The number of aryl methyl sites for hydroxylation is 2. The second kappa shape index (κ2) is 5.37. The van der Waals surface area contributed by atoms with Crippen molar-refractivity contribution in [1.82, 2.24) is 0 Å². The predicted octanol–water partition coefficient (Wildman–Crippen LogP) is 3.49. The summed E-state index contributed by atoms with van der Waals surface area (Å²) in [7, 11) is 0. The van der Waals surface area contributed by atoms with E-state index in [9.17, 15) is 4.79 Å². The van der Waals surface area contributed by atoms with Gasteiger partial charge in [-0.3, -0.25) is 0 Å². The highest BCUT2D eigenvalue weighted by Gasteiger charge is 2.52. The van der Waals surface area contributed by atoms with Crippen molar-refractivity contribution in [3.8, 4) is 11.5 Å². The van der Waals surface area contributed by atoms with Crippen molar-refractivity contribution in [1.29, 1.82) is 0 Å². The quantitative estimate of drug-likeness (QED) is 0.814. The zero-order valence-electron chi connectivity index (χ0n) is 12.9. The molecular formula is C18H18O4. The molecule has 0 fully saturated rings. The first-order chi connectivity index (χ1) is 10.5. The van der Waals surface area contributed by atoms with E-state index < -0.39 is 11.8 Å². The number of carbonyl (C=O) groups excluding carboxylic acids is 1. The Kier molecular flexibility index (Phi) is 3.53. The standard InChI is InChI=1S/C18H18O4/c1-4-20-17(19)18(14-8-5-12(2)6-9-14)21-15-10-7-13(3)11-16(15)22-18/h5-11H,4H2,1-3H3. The molecule has 0 amide bonds. The molecule has 0 saturated carbocycles. The fourth-order valence-corrected chi connectivity index (χ4v) is 2.43. The first-order valence-electron chi connectivity index (χ1n) is 7.28. The molecule has 0 radical (unpaired) electrons. The van der Waals surface area contributed by atoms with Crippen LogP contribution in [0.2, 0.25) is 0 Å². The van der Waals surface area contributed by atoms with E-state index in [0.717, 1.165) is 11.1 Å². The third kappa shape index (κ3) is 2.30. The van der Waals surface area contributed by atoms with Crippen LogP contribution in [0.3, 0.4) is 0 Å². The predicted molar refractivity (Wildman–Crippen MR) is 81.9 cm³/mol. The molecule has 2 aromatic rings. The number of hydrogen-bond acceptors (Lipinski definition) is 4. The van der Waals surface area contributed by atoms with Crippen LogP contribution in [0.15, 0.2) is 42.5 Å². The van der Waals surface area contributed by atoms with E-state index in [1.807, 2.05) is 50.2 Å². The van der Waals surface area contributed by atoms with Gasteiger partial charge >= 0.3 is 11.8 Å². The van der Waals surface area contributed by atoms with Crippen molar-refractivity contribution in [2.75, 3.05) is 6.61 Å². The molecule has 1 aliphatic heterocycles. The van der Waals surface area contributed by atoms with Crippen molar-refractivity contribution in [3.05, 3.63) is 59.2 Å². The van der Waals surface area contributed by atoms with Gasteiger partial charge in [-0.05, 0) is 38.5 Å². The highest BCUT2D eigenvalue weighted by atomic mass is 16.8. The third-order valence-corrected chi connectivity index (χ3v) is 3.58. The number of rotatable bonds is 3. The Morgan fingerprint density at radius 2 is 1.64 bits per heavy atom. The summed E-state index contributed by atoms with van der Waals surface area (Å²) in [4.78, 5) is 12.5. The first-order valence-corrected chi connectivity index (χ1v) is 7.28. The fraction of sp³-hybridized carbons (Fsp3) is 0.278. The minimum absolute atomic E-state index is 0.258. The molecule has 1 unspecified atom stereocenters. The van der Waals surface area contributed by atoms with Gasteiger partial charge in [-0.2, -0.15) is 0 Å². The van der Waals surface area contributed by atoms with Crippen LogP contribution in [0.4, 0.5) is 0 Å². The summed E-state index contributed by atoms with van der Waals surface area (Å²) in [5.74, 6) is -1.03. The van der Waals surface area contributed by atoms with Crippen LogP contribution in [0.5, 0.6) is 11.5 Å². The summed E-state index contributed by atoms with van der Waals surface area (Å²) in [6.07, 6.45) is 0. The van der Waals surface area contributed by atoms with E-state index in [1.54, 1.807) is 13.0 Å². The summed E-state index contributed by atoms with van der Waals surface area (Å²) < 4.78 is 17.0. The van der Waals surface area contributed by atoms with Gasteiger partial charge in [0.05, 0.1) is 6.61 Å². The molecule has 2 aromatic carbocycles. The van der Waals surface area contributed by atoms with Gasteiger partial charge in [0.1, 0.15) is 0 Å². The van der Waals surface area contributed by atoms with Crippen LogP contribution in [0.1, 0.15) is 23.6 Å². The molecule has 0 N–H and O–H groups in total. The minimum Gasteiger partial charge on any atom is -0.460 e. The summed E-state index contributed by atoms with van der Waals surface area (Å²) >= 11 is 0. The van der Waals surface area contributed by atoms with Gasteiger partial charge in [0.25, 0.3) is 0 Å². The lowest BCUT2D eigenvalue weighted by Gasteiger charge is -2.25. The molecule has 3 rings (SSSR count). The molecule has 1 aliphatic rings. The Bertz CT molecular complexity index is 706. The van der Waals surface area contributed by atoms with Gasteiger partial charge < -0.3 is 14.2 Å². The Hall–Kier alpha value is -2.49. The highest BCUT2D eigenvalue weighted by Crippen LogP contribution is 2.45. The van der Waals surface area contributed by atoms with E-state index in [1.165, 1.54) is 0 Å². The van der Waals surface area contributed by atoms with Crippen molar-refractivity contribution >= 4 is 5.97 Å². The lowest BCUT2D eigenvalue weighted by Crippen LogP contribution is -2.45. The van der Waals surface area contributed by atoms with Crippen molar-refractivity contribution < 1.29 is 19.0 Å². The van der Waals surface area contributed by atoms with E-state index >= 15 is 0 Å². The summed E-state index contributed by atoms with van der Waals surface area (Å²) in [5.41, 5.74) is 2.74. The number of carbonyl (C=O) groups is 1. The average Bonchev–Trinajstić information content (AvgIpc) is 2.88. The molecule has 22 heavy (non-hydrogen) atoms. The summed E-state index contributed by atoms with van der Waals surface area (Å²) in [5, 5.41) is 0. The summed E-state index contributed by atoms with van der Waals surface area (Å²) in [6, 6.07) is 13.0. The van der Waals surface area contributed by atoms with Crippen molar-refractivity contribution in [2.24, 2.45) is 0 Å². The van der Waals surface area contributed by atoms with Crippen molar-refractivity contribution in [3.63, 3.8) is 0 Å². The van der Waals surface area contributed by atoms with Gasteiger partial charge in [0.2, 0.25) is 0 Å². The zero-order chi connectivity index (χ0) is 15.7. The number of hydrogen-bond donors (Lipinski definition) is 0. The molecule has 0 saturated heterocycles. The Balaban J connectivity index is 2.07. The Labute approximate surface area is 129 Å². The van der Waals surface area contributed by atoms with Gasteiger partial charge in [0, 0.05) is 5.56 Å². The normalized spacial score (nSPS) is 19.0. The monoisotopic (exact) mass is 298 g/mol. The van der Waals surface area contributed by atoms with Crippen LogP contribution < -0.4 is 9.47 Å². The fourth-order valence-electron chi connectivity index (χ4n) is 2.43. The largest absolute Gasteiger partial charge is 0.460 e. The van der Waals surface area contributed by atoms with Crippen LogP contribution in [-0.2, 0) is 15.3 Å². The number of benzene rings is 2. The van der Waals surface area contributed by atoms with E-state index in [2.05, 4.69) is 0 Å². The molecule has 1 atom stereocenters. The van der Waals surface area contributed by atoms with E-state index in [-0.39, 0.29) is 6.61 Å². The van der Waals surface area contributed by atoms with E-state index in [4.69, 9.17) is 14.2 Å². The highest BCUT2D eigenvalue weighted by molar-refractivity contribution is 5.82. The zero-order valence-corrected chi connectivity index (χ0v) is 12.9. The lowest BCUT2D eigenvalue weighted by molar-refractivity contribution is -0.186. The van der Waals surface area contributed by atoms with Crippen molar-refractivity contribution in [2.45, 2.75) is 26.6 Å².